The lowest BCUT2D eigenvalue weighted by Crippen LogP contribution is -2.24. The first kappa shape index (κ1) is 12.8. The fraction of sp³-hybridized carbons (Fsp3) is 1.00. The first-order chi connectivity index (χ1) is 5.72. The zero-order valence-electron chi connectivity index (χ0n) is 7.11. The second kappa shape index (κ2) is 8.43. The molecule has 0 fully saturated rings. The van der Waals surface area contributed by atoms with E-state index in [9.17, 15) is 0 Å². The van der Waals surface area contributed by atoms with E-state index in [-0.39, 0.29) is 10.8 Å². The lowest BCUT2D eigenvalue weighted by molar-refractivity contribution is 0.623. The number of rotatable bonds is 7. The van der Waals surface area contributed by atoms with Crippen molar-refractivity contribution in [3.05, 3.63) is 0 Å². The average Bonchev–Trinajstić information content (AvgIpc) is 2.10. The number of hydrogen-bond donors (Lipinski definition) is 1. The predicted molar refractivity (Wildman–Crippen MR) is 57.5 cm³/mol. The van der Waals surface area contributed by atoms with Crippen LogP contribution in [0.25, 0.3) is 0 Å². The molecule has 4 heteroatoms. The number of nitrogens with two attached hydrogens (primary N) is 1. The van der Waals surface area contributed by atoms with Crippen LogP contribution in [0.4, 0.5) is 0 Å². The van der Waals surface area contributed by atoms with Crippen molar-refractivity contribution >= 4 is 34.8 Å². The highest BCUT2D eigenvalue weighted by Crippen LogP contribution is 2.16. The summed E-state index contributed by atoms with van der Waals surface area (Å²) >= 11 is 17.3. The van der Waals surface area contributed by atoms with Gasteiger partial charge in [-0.05, 0) is 12.8 Å². The third-order valence-electron chi connectivity index (χ3n) is 1.73. The van der Waals surface area contributed by atoms with E-state index in [1.165, 1.54) is 0 Å². The largest absolute Gasteiger partial charge is 0.329 e. The number of halogens is 3. The highest BCUT2D eigenvalue weighted by Gasteiger charge is 2.13. The fourth-order valence-electron chi connectivity index (χ4n) is 0.939. The molecule has 0 saturated heterocycles. The van der Waals surface area contributed by atoms with E-state index in [0.717, 1.165) is 31.6 Å². The van der Waals surface area contributed by atoms with Gasteiger partial charge < -0.3 is 5.73 Å². The molecule has 0 aromatic rings. The summed E-state index contributed by atoms with van der Waals surface area (Å²) in [4.78, 5) is 0. The lowest BCUT2D eigenvalue weighted by atomic mass is 10.1. The molecule has 12 heavy (non-hydrogen) atoms. The summed E-state index contributed by atoms with van der Waals surface area (Å²) in [5.74, 6) is 0.730. The van der Waals surface area contributed by atoms with E-state index >= 15 is 0 Å². The highest BCUT2D eigenvalue weighted by atomic mass is 35.5. The van der Waals surface area contributed by atoms with Crippen molar-refractivity contribution in [1.29, 1.82) is 0 Å². The molecule has 74 valence electrons. The molecular formula is C8H16Cl3N. The molecule has 0 aliphatic carbocycles. The Bertz CT molecular complexity index is 100. The summed E-state index contributed by atoms with van der Waals surface area (Å²) in [7, 11) is 0. The Morgan fingerprint density at radius 3 is 2.17 bits per heavy atom. The Morgan fingerprint density at radius 1 is 1.00 bits per heavy atom. The lowest BCUT2D eigenvalue weighted by Gasteiger charge is -2.13. The molecule has 2 atom stereocenters. The molecule has 0 aromatic carbocycles. The Kier molecular flexibility index (Phi) is 9.01. The summed E-state index contributed by atoms with van der Waals surface area (Å²) in [6.07, 6.45) is 4.20. The topological polar surface area (TPSA) is 26.0 Å². The van der Waals surface area contributed by atoms with Crippen LogP contribution in [0, 0.1) is 0 Å². The maximum Gasteiger partial charge on any atom is 0.0621 e. The van der Waals surface area contributed by atoms with Crippen LogP contribution in [-0.4, -0.2) is 23.2 Å². The fourth-order valence-corrected chi connectivity index (χ4v) is 1.51. The van der Waals surface area contributed by atoms with Gasteiger partial charge in [0.2, 0.25) is 0 Å². The van der Waals surface area contributed by atoms with Gasteiger partial charge in [-0.1, -0.05) is 12.8 Å². The Labute approximate surface area is 89.5 Å². The first-order valence-electron chi connectivity index (χ1n) is 4.26. The Balaban J connectivity index is 3.24. The SMILES string of the molecule is NCC(Cl)C(Cl)CCCCCCl. The van der Waals surface area contributed by atoms with Crippen LogP contribution in [0.2, 0.25) is 0 Å². The van der Waals surface area contributed by atoms with Crippen molar-refractivity contribution in [2.45, 2.75) is 36.4 Å². The summed E-state index contributed by atoms with van der Waals surface area (Å²) in [6, 6.07) is 0. The zero-order chi connectivity index (χ0) is 9.40. The third-order valence-corrected chi connectivity index (χ3v) is 3.13. The van der Waals surface area contributed by atoms with Gasteiger partial charge in [-0.25, -0.2) is 0 Å². The van der Waals surface area contributed by atoms with E-state index in [1.54, 1.807) is 0 Å². The van der Waals surface area contributed by atoms with Crippen LogP contribution in [0.1, 0.15) is 25.7 Å². The quantitative estimate of drug-likeness (QED) is 0.530. The standard InChI is InChI=1S/C8H16Cl3N/c9-5-3-1-2-4-7(10)8(11)6-12/h7-8H,1-6,12H2. The van der Waals surface area contributed by atoms with Gasteiger partial charge in [0.15, 0.2) is 0 Å². The summed E-state index contributed by atoms with van der Waals surface area (Å²) < 4.78 is 0. The summed E-state index contributed by atoms with van der Waals surface area (Å²) in [5, 5.41) is -0.0883. The van der Waals surface area contributed by atoms with Crippen molar-refractivity contribution in [1.82, 2.24) is 0 Å². The number of unbranched alkanes of at least 4 members (excludes halogenated alkanes) is 2. The minimum absolute atomic E-state index is 0.00647. The van der Waals surface area contributed by atoms with E-state index in [0.29, 0.717) is 6.54 Å². The molecule has 0 rings (SSSR count). The molecule has 2 unspecified atom stereocenters. The van der Waals surface area contributed by atoms with Gasteiger partial charge in [0.25, 0.3) is 0 Å². The molecule has 0 amide bonds. The molecule has 0 bridgehead atoms. The van der Waals surface area contributed by atoms with E-state index in [2.05, 4.69) is 0 Å². The van der Waals surface area contributed by atoms with E-state index in [4.69, 9.17) is 40.5 Å². The van der Waals surface area contributed by atoms with Gasteiger partial charge in [-0.15, -0.1) is 34.8 Å². The molecular weight excluding hydrogens is 216 g/mol. The summed E-state index contributed by atoms with van der Waals surface area (Å²) in [5.41, 5.74) is 5.37. The van der Waals surface area contributed by atoms with Gasteiger partial charge in [0.1, 0.15) is 0 Å². The molecule has 0 spiro atoms. The summed E-state index contributed by atoms with van der Waals surface area (Å²) in [6.45, 7) is 0.450. The molecule has 0 aromatic heterocycles. The van der Waals surface area contributed by atoms with E-state index in [1.807, 2.05) is 0 Å². The molecule has 0 radical (unpaired) electrons. The molecule has 1 nitrogen and oxygen atoms in total. The van der Waals surface area contributed by atoms with Gasteiger partial charge in [-0.2, -0.15) is 0 Å². The molecule has 0 aliphatic heterocycles. The number of hydrogen-bond acceptors (Lipinski definition) is 1. The highest BCUT2D eigenvalue weighted by molar-refractivity contribution is 6.30. The van der Waals surface area contributed by atoms with Crippen LogP contribution < -0.4 is 5.73 Å². The monoisotopic (exact) mass is 231 g/mol. The average molecular weight is 233 g/mol. The van der Waals surface area contributed by atoms with Crippen LogP contribution in [0.5, 0.6) is 0 Å². The van der Waals surface area contributed by atoms with Crippen LogP contribution in [0.3, 0.4) is 0 Å². The first-order valence-corrected chi connectivity index (χ1v) is 5.67. The molecule has 0 saturated carbocycles. The van der Waals surface area contributed by atoms with Crippen molar-refractivity contribution < 1.29 is 0 Å². The third kappa shape index (κ3) is 6.36. The number of alkyl halides is 3. The second-order valence-electron chi connectivity index (χ2n) is 2.81. The van der Waals surface area contributed by atoms with Crippen molar-refractivity contribution in [3.8, 4) is 0 Å². The van der Waals surface area contributed by atoms with Crippen LogP contribution in [-0.2, 0) is 0 Å². The normalized spacial score (nSPS) is 16.0. The maximum atomic E-state index is 5.97. The van der Waals surface area contributed by atoms with Gasteiger partial charge in [0.05, 0.1) is 10.8 Å². The molecule has 0 heterocycles. The van der Waals surface area contributed by atoms with Gasteiger partial charge in [0, 0.05) is 12.4 Å². The second-order valence-corrected chi connectivity index (χ2v) is 4.31. The van der Waals surface area contributed by atoms with Crippen molar-refractivity contribution in [2.75, 3.05) is 12.4 Å². The minimum Gasteiger partial charge on any atom is -0.329 e. The van der Waals surface area contributed by atoms with Crippen LogP contribution >= 0.6 is 34.8 Å². The van der Waals surface area contributed by atoms with Gasteiger partial charge in [-0.3, -0.25) is 0 Å². The Hall–Kier alpha value is 0.830. The minimum atomic E-state index is -0.0948. The Morgan fingerprint density at radius 2 is 1.67 bits per heavy atom. The van der Waals surface area contributed by atoms with E-state index < -0.39 is 0 Å². The maximum absolute atomic E-state index is 5.97. The smallest absolute Gasteiger partial charge is 0.0621 e. The molecule has 2 N–H and O–H groups in total. The van der Waals surface area contributed by atoms with Crippen molar-refractivity contribution in [2.24, 2.45) is 5.73 Å². The molecule has 0 aliphatic rings. The van der Waals surface area contributed by atoms with Gasteiger partial charge >= 0.3 is 0 Å². The predicted octanol–water partition coefficient (Wildman–Crippen LogP) is 2.96. The van der Waals surface area contributed by atoms with Crippen molar-refractivity contribution in [3.63, 3.8) is 0 Å². The van der Waals surface area contributed by atoms with Crippen LogP contribution in [0.15, 0.2) is 0 Å². The zero-order valence-corrected chi connectivity index (χ0v) is 9.38.